The molecule has 0 radical (unpaired) electrons. The predicted molar refractivity (Wildman–Crippen MR) is 79.6 cm³/mol. The Hall–Kier alpha value is -1.21. The van der Waals surface area contributed by atoms with E-state index in [2.05, 4.69) is 9.97 Å². The summed E-state index contributed by atoms with van der Waals surface area (Å²) in [6.07, 6.45) is 2.52. The maximum absolute atomic E-state index is 11.4. The van der Waals surface area contributed by atoms with Crippen molar-refractivity contribution in [1.29, 1.82) is 0 Å². The molecule has 1 N–H and O–H groups in total. The molecule has 0 saturated heterocycles. The van der Waals surface area contributed by atoms with Crippen LogP contribution in [0.3, 0.4) is 0 Å². The zero-order chi connectivity index (χ0) is 14.0. The fourth-order valence-corrected chi connectivity index (χ4v) is 2.54. The largest absolute Gasteiger partial charge is 0.481 e. The molecule has 104 valence electrons. The van der Waals surface area contributed by atoms with Gasteiger partial charge in [-0.2, -0.15) is 4.98 Å². The number of methoxy groups -OCH3 is 1. The van der Waals surface area contributed by atoms with Gasteiger partial charge in [-0.3, -0.25) is 4.21 Å². The fraction of sp³-hybridized carbons (Fsp3) is 0.500. The van der Waals surface area contributed by atoms with E-state index in [1.54, 1.807) is 19.4 Å². The number of nitrogens with zero attached hydrogens (tertiary/aromatic N) is 2. The van der Waals surface area contributed by atoms with E-state index < -0.39 is 10.8 Å². The Balaban J connectivity index is 2.33. The summed E-state index contributed by atoms with van der Waals surface area (Å²) in [5, 5.41) is 0.137. The molecule has 0 saturated carbocycles. The Morgan fingerprint density at radius 2 is 2.32 bits per heavy atom. The first-order valence-electron chi connectivity index (χ1n) is 5.98. The first-order chi connectivity index (χ1) is 9.02. The highest BCUT2D eigenvalue weighted by Gasteiger charge is 2.11. The lowest BCUT2D eigenvalue weighted by Gasteiger charge is -2.09. The van der Waals surface area contributed by atoms with Crippen LogP contribution in [0.2, 0.25) is 0 Å². The zero-order valence-electron chi connectivity index (χ0n) is 11.2. The minimum absolute atomic E-state index is 0.137. The molecule has 0 aliphatic rings. The quantitative estimate of drug-likeness (QED) is 0.860. The second-order valence-electron chi connectivity index (χ2n) is 4.40. The number of fused-ring (bicyclic) bond motifs is 1. The van der Waals surface area contributed by atoms with Gasteiger partial charge in [-0.1, -0.05) is 6.92 Å². The molecule has 2 unspecified atom stereocenters. The molecule has 5 nitrogen and oxygen atoms in total. The Morgan fingerprint density at radius 3 is 2.95 bits per heavy atom. The summed E-state index contributed by atoms with van der Waals surface area (Å²) in [5.74, 6) is 0.558. The van der Waals surface area contributed by atoms with Crippen molar-refractivity contribution in [3.05, 3.63) is 16.9 Å². The smallest absolute Gasteiger partial charge is 0.215 e. The van der Waals surface area contributed by atoms with Gasteiger partial charge in [0.2, 0.25) is 5.88 Å². The van der Waals surface area contributed by atoms with Crippen molar-refractivity contribution >= 4 is 34.2 Å². The van der Waals surface area contributed by atoms with Crippen molar-refractivity contribution in [3.8, 4) is 5.88 Å². The summed E-state index contributed by atoms with van der Waals surface area (Å²) in [6.45, 7) is 2.67. The average Bonchev–Trinajstić information content (AvgIpc) is 2.70. The monoisotopic (exact) mass is 299 g/mol. The van der Waals surface area contributed by atoms with Crippen LogP contribution < -0.4 is 4.74 Å². The molecule has 0 fully saturated rings. The van der Waals surface area contributed by atoms with Gasteiger partial charge >= 0.3 is 0 Å². The Bertz CT molecular complexity index is 663. The summed E-state index contributed by atoms with van der Waals surface area (Å²) in [5.41, 5.74) is 1.66. The summed E-state index contributed by atoms with van der Waals surface area (Å²) < 4.78 is 19.1. The van der Waals surface area contributed by atoms with E-state index in [1.807, 2.05) is 17.6 Å². The van der Waals surface area contributed by atoms with Gasteiger partial charge < -0.3 is 14.3 Å². The number of nitrogens with one attached hydrogen (secondary N) is 1. The van der Waals surface area contributed by atoms with Gasteiger partial charge in [0.1, 0.15) is 0 Å². The van der Waals surface area contributed by atoms with Crippen LogP contribution >= 0.6 is 12.2 Å². The number of hydrogen-bond acceptors (Lipinski definition) is 4. The van der Waals surface area contributed by atoms with Gasteiger partial charge in [0.15, 0.2) is 10.4 Å². The molecule has 0 aromatic carbocycles. The zero-order valence-corrected chi connectivity index (χ0v) is 12.8. The highest BCUT2D eigenvalue weighted by Crippen LogP contribution is 2.17. The number of aromatic nitrogens is 3. The van der Waals surface area contributed by atoms with E-state index in [0.717, 1.165) is 17.6 Å². The highest BCUT2D eigenvalue weighted by molar-refractivity contribution is 7.84. The normalized spacial score (nSPS) is 14.5. The molecule has 2 heterocycles. The predicted octanol–water partition coefficient (Wildman–Crippen LogP) is 2.26. The van der Waals surface area contributed by atoms with Crippen LogP contribution in [-0.2, 0) is 17.3 Å². The number of rotatable bonds is 5. The number of pyridine rings is 1. The number of aromatic amines is 1. The lowest BCUT2D eigenvalue weighted by Crippen LogP contribution is -2.13. The molecule has 0 bridgehead atoms. The molecule has 0 spiro atoms. The molecule has 2 aromatic heterocycles. The molecule has 0 amide bonds. The summed E-state index contributed by atoms with van der Waals surface area (Å²) >= 11 is 5.30. The third-order valence-electron chi connectivity index (χ3n) is 3.13. The van der Waals surface area contributed by atoms with E-state index in [-0.39, 0.29) is 5.25 Å². The van der Waals surface area contributed by atoms with Crippen molar-refractivity contribution in [2.75, 3.05) is 13.4 Å². The van der Waals surface area contributed by atoms with Gasteiger partial charge in [-0.25, -0.2) is 0 Å². The highest BCUT2D eigenvalue weighted by atomic mass is 32.2. The second-order valence-corrected chi connectivity index (χ2v) is 6.59. The molecule has 19 heavy (non-hydrogen) atoms. The van der Waals surface area contributed by atoms with Crippen LogP contribution in [0.15, 0.2) is 12.1 Å². The van der Waals surface area contributed by atoms with E-state index in [0.29, 0.717) is 17.2 Å². The number of imidazole rings is 1. The van der Waals surface area contributed by atoms with Crippen LogP contribution in [0.25, 0.3) is 11.2 Å². The summed E-state index contributed by atoms with van der Waals surface area (Å²) in [6, 6.07) is 3.69. The number of ether oxygens (including phenoxy) is 1. The van der Waals surface area contributed by atoms with Crippen LogP contribution in [0, 0.1) is 4.77 Å². The van der Waals surface area contributed by atoms with Crippen molar-refractivity contribution < 1.29 is 8.95 Å². The third-order valence-corrected chi connectivity index (χ3v) is 4.82. The molecule has 2 atom stereocenters. The Labute approximate surface area is 119 Å². The SMILES string of the molecule is COc1ccc2[nH]c(=S)n(CCC(C)S(C)=O)c2n1. The Morgan fingerprint density at radius 1 is 1.58 bits per heavy atom. The van der Waals surface area contributed by atoms with Crippen molar-refractivity contribution in [3.63, 3.8) is 0 Å². The van der Waals surface area contributed by atoms with Gasteiger partial charge in [0.05, 0.1) is 12.6 Å². The van der Waals surface area contributed by atoms with E-state index >= 15 is 0 Å². The minimum atomic E-state index is -0.821. The lowest BCUT2D eigenvalue weighted by molar-refractivity contribution is 0.399. The molecule has 7 heteroatoms. The number of H-pyrrole nitrogens is 1. The van der Waals surface area contributed by atoms with Gasteiger partial charge in [0, 0.05) is 34.9 Å². The van der Waals surface area contributed by atoms with Crippen molar-refractivity contribution in [2.45, 2.75) is 25.1 Å². The fourth-order valence-electron chi connectivity index (χ4n) is 1.81. The first kappa shape index (κ1) is 14.2. The van der Waals surface area contributed by atoms with Crippen molar-refractivity contribution in [2.24, 2.45) is 0 Å². The van der Waals surface area contributed by atoms with Gasteiger partial charge in [-0.15, -0.1) is 0 Å². The second kappa shape index (κ2) is 5.83. The summed E-state index contributed by atoms with van der Waals surface area (Å²) in [7, 11) is 0.765. The van der Waals surface area contributed by atoms with Crippen LogP contribution in [0.1, 0.15) is 13.3 Å². The standard InChI is InChI=1S/C12H17N3O2S2/c1-8(19(3)16)6-7-15-11-9(13-12(15)18)4-5-10(14-11)17-2/h4-5,8H,6-7H2,1-3H3,(H,13,18). The van der Waals surface area contributed by atoms with Crippen LogP contribution in [0.4, 0.5) is 0 Å². The van der Waals surface area contributed by atoms with Crippen LogP contribution in [0.5, 0.6) is 5.88 Å². The van der Waals surface area contributed by atoms with Crippen molar-refractivity contribution in [1.82, 2.24) is 14.5 Å². The van der Waals surface area contributed by atoms with E-state index in [4.69, 9.17) is 17.0 Å². The molecular formula is C12H17N3O2S2. The topological polar surface area (TPSA) is 59.9 Å². The van der Waals surface area contributed by atoms with Gasteiger partial charge in [-0.05, 0) is 24.7 Å². The third kappa shape index (κ3) is 3.03. The van der Waals surface area contributed by atoms with Crippen LogP contribution in [-0.4, -0.2) is 37.4 Å². The molecule has 2 aromatic rings. The maximum Gasteiger partial charge on any atom is 0.215 e. The molecule has 0 aliphatic carbocycles. The molecule has 0 aliphatic heterocycles. The summed E-state index contributed by atoms with van der Waals surface area (Å²) in [4.78, 5) is 7.52. The lowest BCUT2D eigenvalue weighted by atomic mass is 10.3. The molecule has 2 rings (SSSR count). The van der Waals surface area contributed by atoms with E-state index in [1.165, 1.54) is 0 Å². The van der Waals surface area contributed by atoms with Gasteiger partial charge in [0.25, 0.3) is 0 Å². The number of aryl methyl sites for hydroxylation is 1. The molecular weight excluding hydrogens is 282 g/mol. The Kier molecular flexibility index (Phi) is 4.36. The van der Waals surface area contributed by atoms with E-state index in [9.17, 15) is 4.21 Å². The minimum Gasteiger partial charge on any atom is -0.481 e. The maximum atomic E-state index is 11.4. The number of hydrogen-bond donors (Lipinski definition) is 1. The average molecular weight is 299 g/mol. The first-order valence-corrected chi connectivity index (χ1v) is 8.01.